The molecule has 5 nitrogen and oxygen atoms in total. The van der Waals surface area contributed by atoms with Crippen LogP contribution in [0.3, 0.4) is 0 Å². The van der Waals surface area contributed by atoms with Crippen molar-refractivity contribution in [3.63, 3.8) is 0 Å². The molecule has 0 fully saturated rings. The van der Waals surface area contributed by atoms with Gasteiger partial charge in [0.05, 0.1) is 18.1 Å². The monoisotopic (exact) mass is 307 g/mol. The standard InChI is InChI=1S/C13H14ClN5S/c1-18(7-9-4-3-5-20-9)8-11-16-12(14)10-6-15-19(2)13(10)17-11/h3-6H,7-8H2,1-2H3. The first-order valence-electron chi connectivity index (χ1n) is 6.18. The molecule has 0 amide bonds. The maximum atomic E-state index is 6.18. The highest BCUT2D eigenvalue weighted by Gasteiger charge is 2.11. The van der Waals surface area contributed by atoms with Crippen molar-refractivity contribution in [3.8, 4) is 0 Å². The second-order valence-corrected chi connectivity index (χ2v) is 6.08. The SMILES string of the molecule is CN(Cc1nc(Cl)c2cnn(C)c2n1)Cc1cccs1. The molecule has 0 atom stereocenters. The molecule has 0 saturated carbocycles. The van der Waals surface area contributed by atoms with Crippen molar-refractivity contribution in [1.82, 2.24) is 24.6 Å². The number of aryl methyl sites for hydroxylation is 1. The Bertz CT molecular complexity index is 722. The predicted octanol–water partition coefficient (Wildman–Crippen LogP) is 2.71. The van der Waals surface area contributed by atoms with E-state index in [1.54, 1.807) is 22.2 Å². The van der Waals surface area contributed by atoms with Crippen LogP contribution < -0.4 is 0 Å². The molecular formula is C13H14ClN5S. The Morgan fingerprint density at radius 1 is 1.35 bits per heavy atom. The van der Waals surface area contributed by atoms with E-state index in [0.29, 0.717) is 17.5 Å². The van der Waals surface area contributed by atoms with Crippen LogP contribution in [0, 0.1) is 0 Å². The number of aromatic nitrogens is 4. The molecule has 0 N–H and O–H groups in total. The lowest BCUT2D eigenvalue weighted by Crippen LogP contribution is -2.18. The third-order valence-electron chi connectivity index (χ3n) is 3.01. The summed E-state index contributed by atoms with van der Waals surface area (Å²) in [5.41, 5.74) is 0.768. The first-order chi connectivity index (χ1) is 9.63. The van der Waals surface area contributed by atoms with E-state index in [4.69, 9.17) is 11.6 Å². The summed E-state index contributed by atoms with van der Waals surface area (Å²) < 4.78 is 1.71. The van der Waals surface area contributed by atoms with Crippen molar-refractivity contribution >= 4 is 34.0 Å². The molecule has 0 spiro atoms. The smallest absolute Gasteiger partial charge is 0.162 e. The first kappa shape index (κ1) is 13.5. The van der Waals surface area contributed by atoms with E-state index >= 15 is 0 Å². The van der Waals surface area contributed by atoms with E-state index in [9.17, 15) is 0 Å². The van der Waals surface area contributed by atoms with E-state index in [2.05, 4.69) is 37.5 Å². The molecule has 3 aromatic heterocycles. The average Bonchev–Trinajstić information content (AvgIpc) is 3.00. The van der Waals surface area contributed by atoms with Gasteiger partial charge in [0, 0.05) is 18.5 Å². The van der Waals surface area contributed by atoms with Crippen LogP contribution in [0.1, 0.15) is 10.7 Å². The van der Waals surface area contributed by atoms with E-state index in [0.717, 1.165) is 17.6 Å². The molecule has 3 aromatic rings. The Labute approximate surface area is 125 Å². The number of hydrogen-bond donors (Lipinski definition) is 0. The Hall–Kier alpha value is -1.50. The molecule has 3 heterocycles. The lowest BCUT2D eigenvalue weighted by Gasteiger charge is -2.14. The van der Waals surface area contributed by atoms with Crippen LogP contribution in [0.4, 0.5) is 0 Å². The van der Waals surface area contributed by atoms with Crippen molar-refractivity contribution in [2.45, 2.75) is 13.1 Å². The lowest BCUT2D eigenvalue weighted by molar-refractivity contribution is 0.313. The molecule has 0 bridgehead atoms. The van der Waals surface area contributed by atoms with Gasteiger partial charge in [-0.2, -0.15) is 5.10 Å². The van der Waals surface area contributed by atoms with E-state index < -0.39 is 0 Å². The van der Waals surface area contributed by atoms with Gasteiger partial charge in [0.1, 0.15) is 11.0 Å². The average molecular weight is 308 g/mol. The minimum atomic E-state index is 0.461. The maximum absolute atomic E-state index is 6.18. The van der Waals surface area contributed by atoms with Crippen LogP contribution in [0.15, 0.2) is 23.7 Å². The summed E-state index contributed by atoms with van der Waals surface area (Å²) >= 11 is 7.93. The van der Waals surface area contributed by atoms with Crippen LogP contribution in [0.5, 0.6) is 0 Å². The van der Waals surface area contributed by atoms with Gasteiger partial charge in [0.25, 0.3) is 0 Å². The zero-order valence-corrected chi connectivity index (χ0v) is 12.8. The summed E-state index contributed by atoms with van der Waals surface area (Å²) in [6.45, 7) is 1.53. The zero-order chi connectivity index (χ0) is 14.1. The predicted molar refractivity (Wildman–Crippen MR) is 80.8 cm³/mol. The molecule has 104 valence electrons. The molecular weight excluding hydrogens is 294 g/mol. The van der Waals surface area contributed by atoms with Crippen molar-refractivity contribution in [2.24, 2.45) is 7.05 Å². The van der Waals surface area contributed by atoms with Crippen LogP contribution in [0.25, 0.3) is 11.0 Å². The van der Waals surface area contributed by atoms with Gasteiger partial charge in [-0.05, 0) is 18.5 Å². The molecule has 0 saturated heterocycles. The molecule has 7 heteroatoms. The molecule has 0 unspecified atom stereocenters. The number of thiophene rings is 1. The fourth-order valence-corrected chi connectivity index (χ4v) is 3.08. The highest BCUT2D eigenvalue weighted by Crippen LogP contribution is 2.20. The van der Waals surface area contributed by atoms with Gasteiger partial charge in [-0.1, -0.05) is 17.7 Å². The quantitative estimate of drug-likeness (QED) is 0.695. The van der Waals surface area contributed by atoms with Crippen LogP contribution in [0.2, 0.25) is 5.15 Å². The highest BCUT2D eigenvalue weighted by molar-refractivity contribution is 7.09. The maximum Gasteiger partial charge on any atom is 0.162 e. The van der Waals surface area contributed by atoms with Gasteiger partial charge < -0.3 is 0 Å². The van der Waals surface area contributed by atoms with E-state index in [1.807, 2.05) is 14.1 Å². The molecule has 0 aliphatic carbocycles. The van der Waals surface area contributed by atoms with Crippen molar-refractivity contribution in [3.05, 3.63) is 39.6 Å². The van der Waals surface area contributed by atoms with E-state index in [1.165, 1.54) is 4.88 Å². The summed E-state index contributed by atoms with van der Waals surface area (Å²) in [5.74, 6) is 0.713. The summed E-state index contributed by atoms with van der Waals surface area (Å²) in [7, 11) is 3.90. The Morgan fingerprint density at radius 3 is 2.95 bits per heavy atom. The summed E-state index contributed by atoms with van der Waals surface area (Å²) in [6.07, 6.45) is 1.69. The second kappa shape index (κ2) is 5.47. The highest BCUT2D eigenvalue weighted by atomic mass is 35.5. The van der Waals surface area contributed by atoms with Crippen LogP contribution in [-0.2, 0) is 20.1 Å². The number of hydrogen-bond acceptors (Lipinski definition) is 5. The normalized spacial score (nSPS) is 11.6. The Morgan fingerprint density at radius 2 is 2.20 bits per heavy atom. The summed E-state index contributed by atoms with van der Waals surface area (Å²) in [5, 5.41) is 7.49. The van der Waals surface area contributed by atoms with Crippen molar-refractivity contribution in [1.29, 1.82) is 0 Å². The van der Waals surface area contributed by atoms with Crippen molar-refractivity contribution < 1.29 is 0 Å². The molecule has 0 radical (unpaired) electrons. The molecule has 0 aromatic carbocycles. The zero-order valence-electron chi connectivity index (χ0n) is 11.2. The minimum Gasteiger partial charge on any atom is -0.294 e. The summed E-state index contributed by atoms with van der Waals surface area (Å²) in [4.78, 5) is 12.4. The van der Waals surface area contributed by atoms with Gasteiger partial charge in [0.15, 0.2) is 5.65 Å². The first-order valence-corrected chi connectivity index (χ1v) is 7.44. The Balaban J connectivity index is 1.81. The molecule has 0 aliphatic heterocycles. The molecule has 20 heavy (non-hydrogen) atoms. The Kier molecular flexibility index (Phi) is 3.69. The molecule has 3 rings (SSSR count). The lowest BCUT2D eigenvalue weighted by atomic mass is 10.4. The number of fused-ring (bicyclic) bond motifs is 1. The second-order valence-electron chi connectivity index (χ2n) is 4.69. The van der Waals surface area contributed by atoms with Crippen molar-refractivity contribution in [2.75, 3.05) is 7.05 Å². The fraction of sp³-hybridized carbons (Fsp3) is 0.308. The molecule has 0 aliphatic rings. The van der Waals surface area contributed by atoms with Crippen LogP contribution >= 0.6 is 22.9 Å². The number of rotatable bonds is 4. The van der Waals surface area contributed by atoms with Gasteiger partial charge >= 0.3 is 0 Å². The van der Waals surface area contributed by atoms with Gasteiger partial charge in [-0.25, -0.2) is 9.97 Å². The fourth-order valence-electron chi connectivity index (χ4n) is 2.07. The van der Waals surface area contributed by atoms with E-state index in [-0.39, 0.29) is 0 Å². The number of halogens is 1. The number of nitrogens with zero attached hydrogens (tertiary/aromatic N) is 5. The van der Waals surface area contributed by atoms with Gasteiger partial charge in [-0.15, -0.1) is 11.3 Å². The third kappa shape index (κ3) is 2.67. The van der Waals surface area contributed by atoms with Gasteiger partial charge in [0.2, 0.25) is 0 Å². The van der Waals surface area contributed by atoms with Gasteiger partial charge in [-0.3, -0.25) is 9.58 Å². The third-order valence-corrected chi connectivity index (χ3v) is 4.16. The minimum absolute atomic E-state index is 0.461. The van der Waals surface area contributed by atoms with Crippen LogP contribution in [-0.4, -0.2) is 31.7 Å². The largest absolute Gasteiger partial charge is 0.294 e. The topological polar surface area (TPSA) is 46.8 Å². The summed E-state index contributed by atoms with van der Waals surface area (Å²) in [6, 6.07) is 4.18.